The molecule has 4 heteroatoms. The van der Waals surface area contributed by atoms with E-state index < -0.39 is 15.9 Å². The Bertz CT molecular complexity index is 439. The van der Waals surface area contributed by atoms with Gasteiger partial charge in [0.25, 0.3) is 0 Å². The summed E-state index contributed by atoms with van der Waals surface area (Å²) in [6.07, 6.45) is 0.812. The largest absolute Gasteiger partial charge is 0.388 e. The molecule has 0 aliphatic carbocycles. The van der Waals surface area contributed by atoms with Crippen molar-refractivity contribution >= 4 is 9.84 Å². The third-order valence-corrected chi connectivity index (χ3v) is 5.03. The van der Waals surface area contributed by atoms with Crippen LogP contribution in [0.2, 0.25) is 0 Å². The molecule has 0 aliphatic rings. The zero-order valence-corrected chi connectivity index (χ0v) is 11.9. The van der Waals surface area contributed by atoms with Gasteiger partial charge in [0.2, 0.25) is 0 Å². The van der Waals surface area contributed by atoms with Crippen molar-refractivity contribution in [2.24, 2.45) is 5.92 Å². The molecule has 2 unspecified atom stereocenters. The van der Waals surface area contributed by atoms with Crippen LogP contribution < -0.4 is 0 Å². The molecule has 0 spiro atoms. The SMILES string of the molecule is CCS(=O)(=O)CCCC(C)C(O)c1ccccc1. The van der Waals surface area contributed by atoms with Crippen LogP contribution in [0.4, 0.5) is 0 Å². The Kier molecular flexibility index (Phi) is 5.82. The molecular formula is C14H22O3S. The first-order valence-corrected chi connectivity index (χ1v) is 8.22. The van der Waals surface area contributed by atoms with E-state index in [1.54, 1.807) is 6.92 Å². The Labute approximate surface area is 110 Å². The maximum absolute atomic E-state index is 11.4. The van der Waals surface area contributed by atoms with Gasteiger partial charge in [-0.2, -0.15) is 0 Å². The highest BCUT2D eigenvalue weighted by Gasteiger charge is 2.17. The van der Waals surface area contributed by atoms with Crippen LogP contribution in [0.1, 0.15) is 38.4 Å². The summed E-state index contributed by atoms with van der Waals surface area (Å²) in [6.45, 7) is 3.62. The van der Waals surface area contributed by atoms with Gasteiger partial charge in [-0.15, -0.1) is 0 Å². The van der Waals surface area contributed by atoms with Crippen LogP contribution in [0.3, 0.4) is 0 Å². The van der Waals surface area contributed by atoms with E-state index >= 15 is 0 Å². The molecule has 0 amide bonds. The van der Waals surface area contributed by atoms with Gasteiger partial charge in [-0.3, -0.25) is 0 Å². The highest BCUT2D eigenvalue weighted by molar-refractivity contribution is 7.91. The van der Waals surface area contributed by atoms with E-state index in [1.807, 2.05) is 37.3 Å². The third-order valence-electron chi connectivity index (χ3n) is 3.23. The average molecular weight is 270 g/mol. The Morgan fingerprint density at radius 1 is 1.22 bits per heavy atom. The first-order valence-electron chi connectivity index (χ1n) is 6.39. The van der Waals surface area contributed by atoms with Crippen LogP contribution in [0, 0.1) is 5.92 Å². The van der Waals surface area contributed by atoms with Crippen molar-refractivity contribution < 1.29 is 13.5 Å². The normalized spacial score (nSPS) is 15.3. The van der Waals surface area contributed by atoms with Gasteiger partial charge < -0.3 is 5.11 Å². The first-order chi connectivity index (χ1) is 8.46. The van der Waals surface area contributed by atoms with Crippen molar-refractivity contribution in [2.45, 2.75) is 32.8 Å². The fraction of sp³-hybridized carbons (Fsp3) is 0.571. The van der Waals surface area contributed by atoms with Gasteiger partial charge in [0.1, 0.15) is 9.84 Å². The van der Waals surface area contributed by atoms with Crippen molar-refractivity contribution in [3.8, 4) is 0 Å². The van der Waals surface area contributed by atoms with Crippen LogP contribution in [-0.2, 0) is 9.84 Å². The molecule has 3 nitrogen and oxygen atoms in total. The van der Waals surface area contributed by atoms with Gasteiger partial charge >= 0.3 is 0 Å². The fourth-order valence-corrected chi connectivity index (χ4v) is 2.80. The van der Waals surface area contributed by atoms with E-state index in [0.717, 1.165) is 12.0 Å². The molecule has 0 aromatic heterocycles. The van der Waals surface area contributed by atoms with Gasteiger partial charge in [-0.25, -0.2) is 8.42 Å². The number of aliphatic hydroxyl groups is 1. The first kappa shape index (κ1) is 15.2. The molecule has 0 fully saturated rings. The molecule has 0 heterocycles. The summed E-state index contributed by atoms with van der Waals surface area (Å²) in [4.78, 5) is 0. The maximum Gasteiger partial charge on any atom is 0.150 e. The quantitative estimate of drug-likeness (QED) is 0.828. The van der Waals surface area contributed by atoms with Crippen LogP contribution in [0.5, 0.6) is 0 Å². The second kappa shape index (κ2) is 6.90. The molecule has 1 rings (SSSR count). The molecule has 0 aliphatic heterocycles. The number of benzene rings is 1. The Morgan fingerprint density at radius 2 is 1.83 bits per heavy atom. The number of rotatable bonds is 7. The molecule has 102 valence electrons. The highest BCUT2D eigenvalue weighted by Crippen LogP contribution is 2.25. The third kappa shape index (κ3) is 4.78. The summed E-state index contributed by atoms with van der Waals surface area (Å²) in [6, 6.07) is 9.49. The van der Waals surface area contributed by atoms with Gasteiger partial charge in [0.05, 0.1) is 11.9 Å². The fourth-order valence-electron chi connectivity index (χ4n) is 1.91. The van der Waals surface area contributed by atoms with Crippen molar-refractivity contribution in [1.29, 1.82) is 0 Å². The zero-order valence-electron chi connectivity index (χ0n) is 11.0. The molecule has 0 saturated carbocycles. The Morgan fingerprint density at radius 3 is 2.39 bits per heavy atom. The van der Waals surface area contributed by atoms with Gasteiger partial charge in [-0.1, -0.05) is 44.2 Å². The summed E-state index contributed by atoms with van der Waals surface area (Å²) in [5.41, 5.74) is 0.892. The van der Waals surface area contributed by atoms with Crippen molar-refractivity contribution in [3.05, 3.63) is 35.9 Å². The minimum Gasteiger partial charge on any atom is -0.388 e. The smallest absolute Gasteiger partial charge is 0.150 e. The number of sulfone groups is 1. The molecule has 1 aromatic carbocycles. The number of hydrogen-bond donors (Lipinski definition) is 1. The van der Waals surface area contributed by atoms with Crippen molar-refractivity contribution in [1.82, 2.24) is 0 Å². The van der Waals surface area contributed by atoms with Gasteiger partial charge in [0.15, 0.2) is 0 Å². The number of aliphatic hydroxyl groups excluding tert-OH is 1. The van der Waals surface area contributed by atoms with E-state index in [-0.39, 0.29) is 17.4 Å². The van der Waals surface area contributed by atoms with E-state index in [4.69, 9.17) is 0 Å². The summed E-state index contributed by atoms with van der Waals surface area (Å²) in [5, 5.41) is 10.1. The summed E-state index contributed by atoms with van der Waals surface area (Å²) >= 11 is 0. The second-order valence-electron chi connectivity index (χ2n) is 4.71. The van der Waals surface area contributed by atoms with Crippen LogP contribution in [-0.4, -0.2) is 25.0 Å². The molecule has 1 aromatic rings. The standard InChI is InChI=1S/C14H22O3S/c1-3-18(16,17)11-7-8-12(2)14(15)13-9-5-4-6-10-13/h4-6,9-10,12,14-15H,3,7-8,11H2,1-2H3. The number of hydrogen-bond acceptors (Lipinski definition) is 3. The van der Waals surface area contributed by atoms with Crippen molar-refractivity contribution in [2.75, 3.05) is 11.5 Å². The molecule has 1 N–H and O–H groups in total. The van der Waals surface area contributed by atoms with E-state index in [0.29, 0.717) is 6.42 Å². The summed E-state index contributed by atoms with van der Waals surface area (Å²) in [5.74, 6) is 0.484. The Balaban J connectivity index is 2.44. The van der Waals surface area contributed by atoms with Crippen LogP contribution in [0.15, 0.2) is 30.3 Å². The molecule has 0 bridgehead atoms. The second-order valence-corrected chi connectivity index (χ2v) is 7.18. The zero-order chi connectivity index (χ0) is 13.6. The maximum atomic E-state index is 11.4. The van der Waals surface area contributed by atoms with E-state index in [1.165, 1.54) is 0 Å². The average Bonchev–Trinajstić information content (AvgIpc) is 2.38. The topological polar surface area (TPSA) is 54.4 Å². The predicted molar refractivity (Wildman–Crippen MR) is 74.1 cm³/mol. The lowest BCUT2D eigenvalue weighted by atomic mass is 9.94. The predicted octanol–water partition coefficient (Wildman–Crippen LogP) is 2.57. The molecular weight excluding hydrogens is 248 g/mol. The van der Waals surface area contributed by atoms with Crippen molar-refractivity contribution in [3.63, 3.8) is 0 Å². The van der Waals surface area contributed by atoms with Gasteiger partial charge in [0, 0.05) is 5.75 Å². The summed E-state index contributed by atoms with van der Waals surface area (Å²) < 4.78 is 22.7. The monoisotopic (exact) mass is 270 g/mol. The summed E-state index contributed by atoms with van der Waals surface area (Å²) in [7, 11) is -2.89. The van der Waals surface area contributed by atoms with Gasteiger partial charge in [-0.05, 0) is 24.3 Å². The lowest BCUT2D eigenvalue weighted by Crippen LogP contribution is -2.13. The molecule has 0 radical (unpaired) electrons. The minimum atomic E-state index is -2.89. The lowest BCUT2D eigenvalue weighted by Gasteiger charge is -2.19. The van der Waals surface area contributed by atoms with E-state index in [9.17, 15) is 13.5 Å². The molecule has 0 saturated heterocycles. The Hall–Kier alpha value is -0.870. The van der Waals surface area contributed by atoms with Crippen LogP contribution >= 0.6 is 0 Å². The van der Waals surface area contributed by atoms with E-state index in [2.05, 4.69) is 0 Å². The molecule has 2 atom stereocenters. The lowest BCUT2D eigenvalue weighted by molar-refractivity contribution is 0.112. The highest BCUT2D eigenvalue weighted by atomic mass is 32.2. The molecule has 18 heavy (non-hydrogen) atoms. The minimum absolute atomic E-state index is 0.0689. The van der Waals surface area contributed by atoms with Crippen LogP contribution in [0.25, 0.3) is 0 Å².